The fraction of sp³-hybridized carbons (Fsp3) is 0.290. The predicted octanol–water partition coefficient (Wildman–Crippen LogP) is 4.52. The van der Waals surface area contributed by atoms with Crippen LogP contribution in [0.25, 0.3) is 0 Å². The van der Waals surface area contributed by atoms with Gasteiger partial charge in [0.2, 0.25) is 5.91 Å². The van der Waals surface area contributed by atoms with Gasteiger partial charge in [-0.1, -0.05) is 11.6 Å². The van der Waals surface area contributed by atoms with Crippen molar-refractivity contribution < 1.29 is 29.0 Å². The number of hydrogen-bond acceptors (Lipinski definition) is 7. The number of nitrogens with two attached hydrogens (primary N) is 1. The molecule has 0 atom stereocenters. The number of carboxylic acids is 1. The van der Waals surface area contributed by atoms with Crippen LogP contribution in [0, 0.1) is 5.41 Å². The van der Waals surface area contributed by atoms with Gasteiger partial charge < -0.3 is 35.8 Å². The summed E-state index contributed by atoms with van der Waals surface area (Å²) in [6.07, 6.45) is 2.12. The molecule has 4 rings (SSSR count). The van der Waals surface area contributed by atoms with Gasteiger partial charge in [-0.25, -0.2) is 4.79 Å². The van der Waals surface area contributed by atoms with Crippen LogP contribution >= 0.6 is 11.6 Å². The number of aliphatic carboxylic acids is 1. The number of carbonyl (C=O) groups excluding carboxylic acids is 2. The fourth-order valence-electron chi connectivity index (χ4n) is 4.75. The van der Waals surface area contributed by atoms with Gasteiger partial charge in [0, 0.05) is 47.2 Å². The highest BCUT2D eigenvalue weighted by atomic mass is 35.5. The minimum Gasteiger partial charge on any atom is -0.490 e. The van der Waals surface area contributed by atoms with Crippen LogP contribution in [0.15, 0.2) is 54.6 Å². The summed E-state index contributed by atoms with van der Waals surface area (Å²) in [5.41, 5.74) is 8.52. The zero-order chi connectivity index (χ0) is 30.9. The molecule has 3 aromatic rings. The molecule has 43 heavy (non-hydrogen) atoms. The predicted molar refractivity (Wildman–Crippen MR) is 164 cm³/mol. The number of halogens is 1. The molecule has 0 aliphatic carbocycles. The Hall–Kier alpha value is -4.77. The van der Waals surface area contributed by atoms with Gasteiger partial charge in [0.25, 0.3) is 5.91 Å². The largest absolute Gasteiger partial charge is 0.490 e. The quantitative estimate of drug-likeness (QED) is 0.140. The molecular weight excluding hydrogens is 574 g/mol. The van der Waals surface area contributed by atoms with E-state index in [0.29, 0.717) is 45.4 Å². The summed E-state index contributed by atoms with van der Waals surface area (Å²) >= 11 is 6.24. The molecular formula is C31H34ClN5O6. The zero-order valence-electron chi connectivity index (χ0n) is 23.7. The number of nitrogens with zero attached hydrogens (tertiary/aromatic N) is 1. The summed E-state index contributed by atoms with van der Waals surface area (Å²) in [6.45, 7) is 3.09. The van der Waals surface area contributed by atoms with E-state index in [4.69, 9.17) is 32.2 Å². The van der Waals surface area contributed by atoms with E-state index in [1.807, 2.05) is 4.90 Å². The molecule has 0 aromatic heterocycles. The number of hydrogen-bond donors (Lipinski definition) is 5. The number of ether oxygens (including phenoxy) is 2. The number of amides is 2. The van der Waals surface area contributed by atoms with Crippen molar-refractivity contribution in [3.8, 4) is 11.5 Å². The number of likely N-dealkylation sites (tertiary alicyclic amines) is 1. The van der Waals surface area contributed by atoms with E-state index < -0.39 is 18.5 Å². The first-order valence-electron chi connectivity index (χ1n) is 13.8. The number of nitrogens with one attached hydrogen (secondary N) is 3. The van der Waals surface area contributed by atoms with Crippen LogP contribution in [0.2, 0.25) is 5.02 Å². The highest BCUT2D eigenvalue weighted by molar-refractivity contribution is 6.31. The molecule has 3 aromatic carbocycles. The number of anilines is 2. The molecule has 1 heterocycles. The lowest BCUT2D eigenvalue weighted by atomic mass is 10.0. The molecule has 0 radical (unpaired) electrons. The first kappa shape index (κ1) is 31.2. The maximum Gasteiger partial charge on any atom is 0.341 e. The molecule has 0 spiro atoms. The molecule has 1 fully saturated rings. The van der Waals surface area contributed by atoms with Crippen molar-refractivity contribution in [2.45, 2.75) is 32.7 Å². The maximum atomic E-state index is 13.3. The van der Waals surface area contributed by atoms with Gasteiger partial charge in [0.05, 0.1) is 18.6 Å². The van der Waals surface area contributed by atoms with Gasteiger partial charge in [-0.3, -0.25) is 15.0 Å². The summed E-state index contributed by atoms with van der Waals surface area (Å²) in [4.78, 5) is 39.4. The van der Waals surface area contributed by atoms with Crippen molar-refractivity contribution in [3.63, 3.8) is 0 Å². The second-order valence-corrected chi connectivity index (χ2v) is 10.4. The van der Waals surface area contributed by atoms with Crippen molar-refractivity contribution in [1.82, 2.24) is 4.90 Å². The van der Waals surface area contributed by atoms with Crippen LogP contribution in [-0.2, 0) is 22.6 Å². The minimum atomic E-state index is -1.15. The number of amidine groups is 1. The normalized spacial score (nSPS) is 12.5. The smallest absolute Gasteiger partial charge is 0.341 e. The van der Waals surface area contributed by atoms with Gasteiger partial charge in [-0.05, 0) is 79.9 Å². The van der Waals surface area contributed by atoms with Crippen molar-refractivity contribution in [2.75, 3.05) is 36.9 Å². The van der Waals surface area contributed by atoms with Crippen molar-refractivity contribution in [2.24, 2.45) is 5.73 Å². The number of rotatable bonds is 13. The Kier molecular flexibility index (Phi) is 10.4. The number of carboxylic acid groups (broad SMARTS) is 1. The van der Waals surface area contributed by atoms with Gasteiger partial charge >= 0.3 is 5.97 Å². The van der Waals surface area contributed by atoms with Crippen LogP contribution in [0.3, 0.4) is 0 Å². The molecule has 0 bridgehead atoms. The van der Waals surface area contributed by atoms with Gasteiger partial charge in [-0.2, -0.15) is 0 Å². The Morgan fingerprint density at radius 2 is 1.77 bits per heavy atom. The molecule has 0 saturated carbocycles. The van der Waals surface area contributed by atoms with Gasteiger partial charge in [-0.15, -0.1) is 0 Å². The van der Waals surface area contributed by atoms with Crippen molar-refractivity contribution >= 4 is 46.6 Å². The molecule has 1 aliphatic rings. The molecule has 226 valence electrons. The SMILES string of the molecule is CCOc1cc(CC(=O)N2CCCC2)cc(CNc2ccc(Cl)cc2C(=O)Nc2ccc(C(=N)N)cc2)c1OCC(=O)O. The van der Waals surface area contributed by atoms with E-state index in [9.17, 15) is 19.5 Å². The number of nitrogen functional groups attached to an aromatic ring is 1. The lowest BCUT2D eigenvalue weighted by Crippen LogP contribution is -2.29. The maximum absolute atomic E-state index is 13.3. The standard InChI is InChI=1S/C31H34ClN5O6/c1-2-42-26-14-19(15-27(38)37-11-3-4-12-37)13-21(29(26)43-18-28(39)40)17-35-25-10-7-22(32)16-24(25)31(41)36-23-8-5-20(6-9-23)30(33)34/h5-10,13-14,16,35H,2-4,11-12,15,17-18H2,1H3,(H3,33,34)(H,36,41)(H,39,40). The third-order valence-electron chi connectivity index (χ3n) is 6.79. The van der Waals surface area contributed by atoms with Crippen molar-refractivity contribution in [3.05, 3.63) is 81.9 Å². The van der Waals surface area contributed by atoms with E-state index in [2.05, 4.69) is 10.6 Å². The molecule has 1 aliphatic heterocycles. The van der Waals surface area contributed by atoms with Crippen LogP contribution in [-0.4, -0.2) is 59.9 Å². The zero-order valence-corrected chi connectivity index (χ0v) is 24.5. The summed E-state index contributed by atoms with van der Waals surface area (Å²) in [6, 6.07) is 14.9. The van der Waals surface area contributed by atoms with Crippen LogP contribution in [0.4, 0.5) is 11.4 Å². The fourth-order valence-corrected chi connectivity index (χ4v) is 4.92. The van der Waals surface area contributed by atoms with Crippen LogP contribution in [0.5, 0.6) is 11.5 Å². The molecule has 2 amide bonds. The Morgan fingerprint density at radius 3 is 2.42 bits per heavy atom. The third-order valence-corrected chi connectivity index (χ3v) is 7.03. The topological polar surface area (TPSA) is 167 Å². The third kappa shape index (κ3) is 8.39. The monoisotopic (exact) mass is 607 g/mol. The molecule has 11 nitrogen and oxygen atoms in total. The average Bonchev–Trinajstić information content (AvgIpc) is 3.52. The second-order valence-electron chi connectivity index (χ2n) is 9.95. The lowest BCUT2D eigenvalue weighted by Gasteiger charge is -2.20. The Morgan fingerprint density at radius 1 is 1.05 bits per heavy atom. The second kappa shape index (κ2) is 14.4. The number of carbonyl (C=O) groups is 3. The molecule has 0 unspecified atom stereocenters. The number of benzene rings is 3. The van der Waals surface area contributed by atoms with Crippen molar-refractivity contribution in [1.29, 1.82) is 5.41 Å². The van der Waals surface area contributed by atoms with Crippen LogP contribution < -0.4 is 25.8 Å². The Bertz CT molecular complexity index is 1510. The summed E-state index contributed by atoms with van der Waals surface area (Å²) in [7, 11) is 0. The van der Waals surface area contributed by atoms with E-state index in [1.54, 1.807) is 55.5 Å². The minimum absolute atomic E-state index is 0.00561. The highest BCUT2D eigenvalue weighted by Crippen LogP contribution is 2.35. The molecule has 12 heteroatoms. The van der Waals surface area contributed by atoms with Gasteiger partial charge in [0.1, 0.15) is 5.84 Å². The molecule has 6 N–H and O–H groups in total. The highest BCUT2D eigenvalue weighted by Gasteiger charge is 2.22. The summed E-state index contributed by atoms with van der Waals surface area (Å²) < 4.78 is 11.5. The Balaban J connectivity index is 1.61. The molecule has 1 saturated heterocycles. The van der Waals surface area contributed by atoms with Crippen LogP contribution in [0.1, 0.15) is 46.8 Å². The Labute approximate surface area is 254 Å². The van der Waals surface area contributed by atoms with E-state index in [-0.39, 0.29) is 36.0 Å². The first-order chi connectivity index (χ1) is 20.6. The van der Waals surface area contributed by atoms with E-state index in [1.165, 1.54) is 6.07 Å². The first-order valence-corrected chi connectivity index (χ1v) is 14.2. The summed E-state index contributed by atoms with van der Waals surface area (Å²) in [5.74, 6) is -1.09. The summed E-state index contributed by atoms with van der Waals surface area (Å²) in [5, 5.41) is 23.2. The van der Waals surface area contributed by atoms with E-state index >= 15 is 0 Å². The van der Waals surface area contributed by atoms with E-state index in [0.717, 1.165) is 25.9 Å². The lowest BCUT2D eigenvalue weighted by molar-refractivity contribution is -0.139. The van der Waals surface area contributed by atoms with Gasteiger partial charge in [0.15, 0.2) is 18.1 Å². The average molecular weight is 608 g/mol.